The number of nitrogens with one attached hydrogen (secondary N) is 1. The molecule has 2 rings (SSSR count). The number of carbonyl (C=O) groups excluding carboxylic acids is 1. The molecular weight excluding hydrogens is 266 g/mol. The van der Waals surface area contributed by atoms with Gasteiger partial charge in [0.25, 0.3) is 5.91 Å². The van der Waals surface area contributed by atoms with Crippen molar-refractivity contribution >= 4 is 17.5 Å². The van der Waals surface area contributed by atoms with Gasteiger partial charge in [0.1, 0.15) is 5.75 Å². The van der Waals surface area contributed by atoms with Gasteiger partial charge in [0.05, 0.1) is 12.2 Å². The Balaban J connectivity index is 1.91. The highest BCUT2D eigenvalue weighted by Gasteiger charge is 2.11. The van der Waals surface area contributed by atoms with Crippen molar-refractivity contribution in [1.82, 2.24) is 5.48 Å². The highest BCUT2D eigenvalue weighted by molar-refractivity contribution is 6.30. The van der Waals surface area contributed by atoms with E-state index >= 15 is 0 Å². The molecule has 19 heavy (non-hydrogen) atoms. The van der Waals surface area contributed by atoms with E-state index < -0.39 is 5.91 Å². The third kappa shape index (κ3) is 3.71. The fourth-order valence-corrected chi connectivity index (χ4v) is 1.68. The Morgan fingerprint density at radius 3 is 2.63 bits per heavy atom. The van der Waals surface area contributed by atoms with Crippen molar-refractivity contribution in [3.05, 3.63) is 64.7 Å². The zero-order chi connectivity index (χ0) is 13.7. The second-order valence-electron chi connectivity index (χ2n) is 3.87. The molecule has 0 aromatic heterocycles. The molecule has 0 heterocycles. The molecule has 2 aromatic carbocycles. The van der Waals surface area contributed by atoms with Gasteiger partial charge in [0.2, 0.25) is 0 Å². The van der Waals surface area contributed by atoms with Crippen molar-refractivity contribution in [3.63, 3.8) is 0 Å². The number of carbonyl (C=O) groups is 1. The molecule has 0 fully saturated rings. The summed E-state index contributed by atoms with van der Waals surface area (Å²) in [5, 5.41) is 9.94. The van der Waals surface area contributed by atoms with E-state index in [-0.39, 0.29) is 17.9 Å². The molecule has 0 aliphatic heterocycles. The highest BCUT2D eigenvalue weighted by atomic mass is 35.5. The number of phenols is 1. The molecule has 4 nitrogen and oxygen atoms in total. The topological polar surface area (TPSA) is 58.6 Å². The Morgan fingerprint density at radius 1 is 1.21 bits per heavy atom. The number of hydrogen-bond acceptors (Lipinski definition) is 3. The minimum absolute atomic E-state index is 0.109. The lowest BCUT2D eigenvalue weighted by atomic mass is 10.2. The summed E-state index contributed by atoms with van der Waals surface area (Å²) in [6.45, 7) is 0.251. The van der Waals surface area contributed by atoms with Crippen LogP contribution in [0.15, 0.2) is 48.5 Å². The van der Waals surface area contributed by atoms with Crippen molar-refractivity contribution in [1.29, 1.82) is 0 Å². The summed E-state index contributed by atoms with van der Waals surface area (Å²) in [4.78, 5) is 16.8. The molecule has 0 saturated heterocycles. The minimum atomic E-state index is -0.523. The van der Waals surface area contributed by atoms with Crippen LogP contribution in [-0.2, 0) is 11.4 Å². The SMILES string of the molecule is O=C(NOCc1ccccc1)c1ccc(Cl)cc1O. The van der Waals surface area contributed by atoms with Crippen molar-refractivity contribution in [2.75, 3.05) is 0 Å². The van der Waals surface area contributed by atoms with Crippen LogP contribution in [-0.4, -0.2) is 11.0 Å². The summed E-state index contributed by atoms with van der Waals surface area (Å²) in [7, 11) is 0. The van der Waals surface area contributed by atoms with Crippen molar-refractivity contribution in [3.8, 4) is 5.75 Å². The first-order valence-corrected chi connectivity index (χ1v) is 5.99. The summed E-state index contributed by atoms with van der Waals surface area (Å²) in [6, 6.07) is 13.7. The lowest BCUT2D eigenvalue weighted by Gasteiger charge is -2.07. The zero-order valence-corrected chi connectivity index (χ0v) is 10.7. The Bertz CT molecular complexity index is 572. The molecule has 0 spiro atoms. The van der Waals surface area contributed by atoms with Crippen LogP contribution in [0.3, 0.4) is 0 Å². The van der Waals surface area contributed by atoms with Crippen molar-refractivity contribution < 1.29 is 14.7 Å². The van der Waals surface area contributed by atoms with Gasteiger partial charge in [-0.3, -0.25) is 9.63 Å². The van der Waals surface area contributed by atoms with Gasteiger partial charge in [-0.25, -0.2) is 5.48 Å². The maximum Gasteiger partial charge on any atom is 0.278 e. The molecule has 0 aliphatic rings. The molecule has 0 unspecified atom stereocenters. The van der Waals surface area contributed by atoms with Gasteiger partial charge in [-0.15, -0.1) is 0 Å². The molecular formula is C14H12ClNO3. The predicted molar refractivity (Wildman–Crippen MR) is 71.8 cm³/mol. The number of aromatic hydroxyl groups is 1. The van der Waals surface area contributed by atoms with E-state index in [1.807, 2.05) is 30.3 Å². The average Bonchev–Trinajstić information content (AvgIpc) is 2.39. The zero-order valence-electron chi connectivity index (χ0n) is 9.97. The Hall–Kier alpha value is -2.04. The van der Waals surface area contributed by atoms with Gasteiger partial charge in [0, 0.05) is 5.02 Å². The summed E-state index contributed by atoms with van der Waals surface area (Å²) >= 11 is 5.68. The molecule has 1 amide bonds. The molecule has 5 heteroatoms. The van der Waals surface area contributed by atoms with Gasteiger partial charge in [-0.1, -0.05) is 41.9 Å². The Kier molecular flexibility index (Phi) is 4.39. The first-order valence-electron chi connectivity index (χ1n) is 5.61. The van der Waals surface area contributed by atoms with Crippen LogP contribution < -0.4 is 5.48 Å². The molecule has 2 aromatic rings. The summed E-state index contributed by atoms with van der Waals surface area (Å²) in [5.41, 5.74) is 3.31. The van der Waals surface area contributed by atoms with E-state index in [1.165, 1.54) is 18.2 Å². The molecule has 0 bridgehead atoms. The van der Waals surface area contributed by atoms with Crippen LogP contribution in [0.2, 0.25) is 5.02 Å². The number of benzene rings is 2. The quantitative estimate of drug-likeness (QED) is 0.845. The lowest BCUT2D eigenvalue weighted by Crippen LogP contribution is -2.23. The van der Waals surface area contributed by atoms with Crippen LogP contribution >= 0.6 is 11.6 Å². The minimum Gasteiger partial charge on any atom is -0.507 e. The number of amides is 1. The largest absolute Gasteiger partial charge is 0.507 e. The van der Waals surface area contributed by atoms with E-state index in [0.29, 0.717) is 5.02 Å². The first-order chi connectivity index (χ1) is 9.16. The van der Waals surface area contributed by atoms with Crippen LogP contribution in [0.5, 0.6) is 5.75 Å². The highest BCUT2D eigenvalue weighted by Crippen LogP contribution is 2.21. The Labute approximate surface area is 115 Å². The predicted octanol–water partition coefficient (Wildman–Crippen LogP) is 2.91. The molecule has 0 saturated carbocycles. The third-order valence-electron chi connectivity index (χ3n) is 2.45. The molecule has 2 N–H and O–H groups in total. The molecule has 0 aliphatic carbocycles. The van der Waals surface area contributed by atoms with E-state index in [1.54, 1.807) is 0 Å². The van der Waals surface area contributed by atoms with Gasteiger partial charge in [0.15, 0.2) is 0 Å². The van der Waals surface area contributed by atoms with Gasteiger partial charge in [-0.05, 0) is 23.8 Å². The molecule has 0 radical (unpaired) electrons. The maximum absolute atomic E-state index is 11.7. The number of rotatable bonds is 4. The number of hydroxylamine groups is 1. The summed E-state index contributed by atoms with van der Waals surface area (Å²) < 4.78 is 0. The van der Waals surface area contributed by atoms with E-state index in [4.69, 9.17) is 16.4 Å². The van der Waals surface area contributed by atoms with Crippen molar-refractivity contribution in [2.45, 2.75) is 6.61 Å². The normalized spacial score (nSPS) is 10.2. The van der Waals surface area contributed by atoms with E-state index in [9.17, 15) is 9.90 Å². The van der Waals surface area contributed by atoms with Crippen LogP contribution in [0, 0.1) is 0 Å². The number of halogens is 1. The summed E-state index contributed by atoms with van der Waals surface area (Å²) in [6.07, 6.45) is 0. The Morgan fingerprint density at radius 2 is 1.95 bits per heavy atom. The second kappa shape index (κ2) is 6.22. The fourth-order valence-electron chi connectivity index (χ4n) is 1.51. The van der Waals surface area contributed by atoms with E-state index in [2.05, 4.69) is 5.48 Å². The smallest absolute Gasteiger partial charge is 0.278 e. The van der Waals surface area contributed by atoms with Crippen LogP contribution in [0.1, 0.15) is 15.9 Å². The number of hydrogen-bond donors (Lipinski definition) is 2. The van der Waals surface area contributed by atoms with Crippen LogP contribution in [0.25, 0.3) is 0 Å². The third-order valence-corrected chi connectivity index (χ3v) is 2.69. The van der Waals surface area contributed by atoms with Gasteiger partial charge in [-0.2, -0.15) is 0 Å². The van der Waals surface area contributed by atoms with Crippen molar-refractivity contribution in [2.24, 2.45) is 0 Å². The van der Waals surface area contributed by atoms with E-state index in [0.717, 1.165) is 5.56 Å². The average molecular weight is 278 g/mol. The molecule has 98 valence electrons. The monoisotopic (exact) mass is 277 g/mol. The first kappa shape index (κ1) is 13.4. The van der Waals surface area contributed by atoms with Crippen LogP contribution in [0.4, 0.5) is 0 Å². The molecule has 0 atom stereocenters. The lowest BCUT2D eigenvalue weighted by molar-refractivity contribution is 0.0231. The van der Waals surface area contributed by atoms with Gasteiger partial charge < -0.3 is 5.11 Å². The standard InChI is InChI=1S/C14H12ClNO3/c15-11-6-7-12(13(17)8-11)14(18)16-19-9-10-4-2-1-3-5-10/h1-8,17H,9H2,(H,16,18). The maximum atomic E-state index is 11.7. The summed E-state index contributed by atoms with van der Waals surface area (Å²) in [5.74, 6) is -0.710. The van der Waals surface area contributed by atoms with Gasteiger partial charge >= 0.3 is 0 Å². The number of phenolic OH excluding ortho intramolecular Hbond substituents is 1. The fraction of sp³-hybridized carbons (Fsp3) is 0.0714. The second-order valence-corrected chi connectivity index (χ2v) is 4.30.